The lowest BCUT2D eigenvalue weighted by Crippen LogP contribution is -2.52. The van der Waals surface area contributed by atoms with Crippen molar-refractivity contribution in [3.8, 4) is 6.07 Å². The summed E-state index contributed by atoms with van der Waals surface area (Å²) >= 11 is 0. The van der Waals surface area contributed by atoms with E-state index in [0.29, 0.717) is 43.9 Å². The van der Waals surface area contributed by atoms with Gasteiger partial charge in [0.2, 0.25) is 11.8 Å². The number of rotatable bonds is 7. The van der Waals surface area contributed by atoms with Gasteiger partial charge in [-0.25, -0.2) is 4.98 Å². The van der Waals surface area contributed by atoms with Crippen LogP contribution in [0.15, 0.2) is 18.3 Å². The van der Waals surface area contributed by atoms with Crippen molar-refractivity contribution in [2.24, 2.45) is 0 Å². The highest BCUT2D eigenvalue weighted by molar-refractivity contribution is 5.87. The third-order valence-electron chi connectivity index (χ3n) is 4.23. The molecular weight excluding hydrogens is 318 g/mol. The van der Waals surface area contributed by atoms with Crippen LogP contribution in [0.3, 0.4) is 0 Å². The molecule has 25 heavy (non-hydrogen) atoms. The fourth-order valence-corrected chi connectivity index (χ4v) is 2.98. The van der Waals surface area contributed by atoms with Gasteiger partial charge in [-0.1, -0.05) is 6.92 Å². The van der Waals surface area contributed by atoms with E-state index in [4.69, 9.17) is 5.26 Å². The Morgan fingerprint density at radius 2 is 2.24 bits per heavy atom. The monoisotopic (exact) mass is 343 g/mol. The minimum absolute atomic E-state index is 0.0626. The summed E-state index contributed by atoms with van der Waals surface area (Å²) in [4.78, 5) is 30.5. The van der Waals surface area contributed by atoms with Crippen LogP contribution in [-0.2, 0) is 9.59 Å². The molecule has 0 bridgehead atoms. The number of nitriles is 1. The van der Waals surface area contributed by atoms with Crippen molar-refractivity contribution >= 4 is 17.6 Å². The number of pyridine rings is 1. The Morgan fingerprint density at radius 3 is 3.00 bits per heavy atom. The van der Waals surface area contributed by atoms with Crippen LogP contribution in [0.2, 0.25) is 0 Å². The largest absolute Gasteiger partial charge is 0.367 e. The van der Waals surface area contributed by atoms with Gasteiger partial charge in [0.15, 0.2) is 0 Å². The molecule has 1 saturated heterocycles. The lowest BCUT2D eigenvalue weighted by molar-refractivity contribution is -0.142. The average molecular weight is 343 g/mol. The van der Waals surface area contributed by atoms with Gasteiger partial charge in [-0.05, 0) is 37.8 Å². The molecule has 1 fully saturated rings. The van der Waals surface area contributed by atoms with Crippen LogP contribution in [0.1, 0.15) is 44.6 Å². The summed E-state index contributed by atoms with van der Waals surface area (Å²) in [5, 5.41) is 14.9. The highest BCUT2D eigenvalue weighted by Crippen LogP contribution is 2.18. The number of amides is 2. The van der Waals surface area contributed by atoms with Gasteiger partial charge in [0.1, 0.15) is 17.9 Å². The molecular formula is C18H25N5O2. The first-order valence-electron chi connectivity index (χ1n) is 8.83. The van der Waals surface area contributed by atoms with Crippen LogP contribution < -0.4 is 10.6 Å². The molecule has 2 rings (SSSR count). The molecule has 1 aliphatic heterocycles. The number of carbonyl (C=O) groups is 2. The van der Waals surface area contributed by atoms with E-state index in [1.165, 1.54) is 0 Å². The summed E-state index contributed by atoms with van der Waals surface area (Å²) < 4.78 is 0. The molecule has 7 nitrogen and oxygen atoms in total. The summed E-state index contributed by atoms with van der Waals surface area (Å²) in [5.74, 6) is 0.469. The third kappa shape index (κ3) is 5.18. The Bertz CT molecular complexity index is 641. The van der Waals surface area contributed by atoms with Crippen LogP contribution >= 0.6 is 0 Å². The van der Waals surface area contributed by atoms with Gasteiger partial charge < -0.3 is 15.5 Å². The summed E-state index contributed by atoms with van der Waals surface area (Å²) in [7, 11) is 0. The molecule has 0 aromatic carbocycles. The number of likely N-dealkylation sites (tertiary alicyclic amines) is 1. The Morgan fingerprint density at radius 1 is 1.40 bits per heavy atom. The number of hydrogen-bond donors (Lipinski definition) is 2. The van der Waals surface area contributed by atoms with Gasteiger partial charge in [-0.15, -0.1) is 0 Å². The van der Waals surface area contributed by atoms with Crippen molar-refractivity contribution < 1.29 is 9.59 Å². The van der Waals surface area contributed by atoms with E-state index < -0.39 is 0 Å². The first-order chi connectivity index (χ1) is 12.2. The second kappa shape index (κ2) is 9.62. The molecule has 0 radical (unpaired) electrons. The topological polar surface area (TPSA) is 98.1 Å². The lowest BCUT2D eigenvalue weighted by Gasteiger charge is -2.34. The van der Waals surface area contributed by atoms with E-state index in [2.05, 4.69) is 21.7 Å². The molecule has 1 aliphatic rings. The summed E-state index contributed by atoms with van der Waals surface area (Å²) in [6.45, 7) is 3.50. The van der Waals surface area contributed by atoms with Gasteiger partial charge in [0.05, 0.1) is 5.56 Å². The zero-order valence-electron chi connectivity index (χ0n) is 14.6. The molecule has 2 heterocycles. The first kappa shape index (κ1) is 18.7. The summed E-state index contributed by atoms with van der Waals surface area (Å²) in [5.41, 5.74) is 0.470. The highest BCUT2D eigenvalue weighted by Gasteiger charge is 2.31. The van der Waals surface area contributed by atoms with Crippen LogP contribution in [0.5, 0.6) is 0 Å². The molecule has 1 aromatic heterocycles. The van der Waals surface area contributed by atoms with Crippen LogP contribution in [0, 0.1) is 11.3 Å². The van der Waals surface area contributed by atoms with Gasteiger partial charge in [-0.2, -0.15) is 5.26 Å². The van der Waals surface area contributed by atoms with Crippen LogP contribution in [0.25, 0.3) is 0 Å². The zero-order valence-corrected chi connectivity index (χ0v) is 14.6. The Labute approximate surface area is 148 Å². The Hall–Kier alpha value is -2.62. The van der Waals surface area contributed by atoms with Gasteiger partial charge >= 0.3 is 0 Å². The molecule has 2 amide bonds. The number of piperidine rings is 1. The maximum Gasteiger partial charge on any atom is 0.242 e. The van der Waals surface area contributed by atoms with E-state index >= 15 is 0 Å². The normalized spacial score (nSPS) is 16.8. The van der Waals surface area contributed by atoms with E-state index in [1.807, 2.05) is 6.92 Å². The molecule has 1 atom stereocenters. The minimum atomic E-state index is -0.364. The molecule has 0 unspecified atom stereocenters. The standard InChI is InChI=1S/C18H25N5O2/c1-2-6-16(24)23-12-4-3-8-15(23)18(25)22-11-10-21-17-14(13-19)7-5-9-20-17/h5,7,9,15H,2-4,6,8,10-12H2,1H3,(H,20,21)(H,22,25)/t15-/m1/s1. The van der Waals surface area contributed by atoms with E-state index in [0.717, 1.165) is 19.3 Å². The minimum Gasteiger partial charge on any atom is -0.367 e. The summed E-state index contributed by atoms with van der Waals surface area (Å²) in [6, 6.07) is 5.10. The molecule has 1 aromatic rings. The number of aromatic nitrogens is 1. The smallest absolute Gasteiger partial charge is 0.242 e. The predicted octanol–water partition coefficient (Wildman–Crippen LogP) is 1.66. The van der Waals surface area contributed by atoms with Crippen molar-refractivity contribution in [2.45, 2.75) is 45.1 Å². The van der Waals surface area contributed by atoms with Gasteiger partial charge in [0, 0.05) is 32.3 Å². The number of nitrogens with one attached hydrogen (secondary N) is 2. The van der Waals surface area contributed by atoms with Crippen molar-refractivity contribution in [2.75, 3.05) is 25.0 Å². The maximum atomic E-state index is 12.5. The molecule has 0 aliphatic carbocycles. The molecule has 7 heteroatoms. The number of hydrogen-bond acceptors (Lipinski definition) is 5. The fraction of sp³-hybridized carbons (Fsp3) is 0.556. The lowest BCUT2D eigenvalue weighted by atomic mass is 10.0. The average Bonchev–Trinajstić information content (AvgIpc) is 2.65. The quantitative estimate of drug-likeness (QED) is 0.734. The Balaban J connectivity index is 1.82. The van der Waals surface area contributed by atoms with Crippen molar-refractivity contribution in [3.05, 3.63) is 23.9 Å². The Kier molecular flexibility index (Phi) is 7.20. The van der Waals surface area contributed by atoms with Gasteiger partial charge in [0.25, 0.3) is 0 Å². The van der Waals surface area contributed by atoms with Crippen molar-refractivity contribution in [1.29, 1.82) is 5.26 Å². The van der Waals surface area contributed by atoms with E-state index in [1.54, 1.807) is 23.2 Å². The van der Waals surface area contributed by atoms with Crippen LogP contribution in [0.4, 0.5) is 5.82 Å². The second-order valence-electron chi connectivity index (χ2n) is 6.08. The second-order valence-corrected chi connectivity index (χ2v) is 6.08. The fourth-order valence-electron chi connectivity index (χ4n) is 2.98. The highest BCUT2D eigenvalue weighted by atomic mass is 16.2. The number of carbonyl (C=O) groups excluding carboxylic acids is 2. The number of anilines is 1. The maximum absolute atomic E-state index is 12.5. The summed E-state index contributed by atoms with van der Waals surface area (Å²) in [6.07, 6.45) is 5.53. The van der Waals surface area contributed by atoms with Gasteiger partial charge in [-0.3, -0.25) is 9.59 Å². The molecule has 134 valence electrons. The SMILES string of the molecule is CCCC(=O)N1CCCC[C@@H]1C(=O)NCCNc1ncccc1C#N. The van der Waals surface area contributed by atoms with Crippen LogP contribution in [-0.4, -0.2) is 47.4 Å². The number of nitrogens with zero attached hydrogens (tertiary/aromatic N) is 3. The van der Waals surface area contributed by atoms with E-state index in [9.17, 15) is 9.59 Å². The molecule has 0 saturated carbocycles. The van der Waals surface area contributed by atoms with E-state index in [-0.39, 0.29) is 17.9 Å². The first-order valence-corrected chi connectivity index (χ1v) is 8.83. The predicted molar refractivity (Wildman–Crippen MR) is 94.7 cm³/mol. The third-order valence-corrected chi connectivity index (χ3v) is 4.23. The molecule has 2 N–H and O–H groups in total. The zero-order chi connectivity index (χ0) is 18.1. The van der Waals surface area contributed by atoms with Crippen molar-refractivity contribution in [1.82, 2.24) is 15.2 Å². The molecule has 0 spiro atoms. The van der Waals surface area contributed by atoms with Crippen molar-refractivity contribution in [3.63, 3.8) is 0 Å².